The van der Waals surface area contributed by atoms with E-state index in [9.17, 15) is 4.79 Å². The van der Waals surface area contributed by atoms with E-state index in [2.05, 4.69) is 18.0 Å². The van der Waals surface area contributed by atoms with Crippen molar-refractivity contribution in [2.45, 2.75) is 83.7 Å². The molecule has 23 heavy (non-hydrogen) atoms. The van der Waals surface area contributed by atoms with E-state index >= 15 is 0 Å². The van der Waals surface area contributed by atoms with Crippen LogP contribution >= 0.6 is 0 Å². The molecule has 0 aromatic heterocycles. The minimum atomic E-state index is -0.730. The normalized spacial score (nSPS) is 13.1. The minimum Gasteiger partial charge on any atom is -0.481 e. The van der Waals surface area contributed by atoms with Crippen molar-refractivity contribution in [3.05, 3.63) is 24.3 Å². The molecule has 0 amide bonds. The van der Waals surface area contributed by atoms with Crippen molar-refractivity contribution in [1.82, 2.24) is 0 Å². The van der Waals surface area contributed by atoms with Crippen LogP contribution in [0.4, 0.5) is 0 Å². The Bertz CT molecular complexity index is 325. The third-order valence-corrected chi connectivity index (χ3v) is 3.59. The van der Waals surface area contributed by atoms with Gasteiger partial charge in [0.05, 0.1) is 0 Å². The third-order valence-electron chi connectivity index (χ3n) is 3.59. The van der Waals surface area contributed by atoms with Gasteiger partial charge in [-0.05, 0) is 25.7 Å². The second-order valence-corrected chi connectivity index (χ2v) is 5.72. The number of unbranched alkanes of at least 4 members (excludes halogenated alkanes) is 7. The van der Waals surface area contributed by atoms with Crippen LogP contribution < -0.4 is 0 Å². The maximum absolute atomic E-state index is 10.4. The van der Waals surface area contributed by atoms with Gasteiger partial charge in [0.25, 0.3) is 0 Å². The predicted molar refractivity (Wildman–Crippen MR) is 91.0 cm³/mol. The van der Waals surface area contributed by atoms with Gasteiger partial charge in [0.1, 0.15) is 6.10 Å². The molecule has 0 bridgehead atoms. The quantitative estimate of drug-likeness (QED) is 0.174. The first kappa shape index (κ1) is 21.8. The lowest BCUT2D eigenvalue weighted by Gasteiger charge is -2.09. The molecule has 1 atom stereocenters. The van der Waals surface area contributed by atoms with E-state index in [1.54, 1.807) is 0 Å². The Hall–Kier alpha value is -1.17. The van der Waals surface area contributed by atoms with E-state index in [-0.39, 0.29) is 12.5 Å². The Balaban J connectivity index is 3.74. The molecule has 0 aromatic rings. The van der Waals surface area contributed by atoms with Crippen molar-refractivity contribution < 1.29 is 25.1 Å². The van der Waals surface area contributed by atoms with Crippen molar-refractivity contribution in [1.29, 1.82) is 0 Å². The maximum Gasteiger partial charge on any atom is 0.303 e. The van der Waals surface area contributed by atoms with E-state index in [0.717, 1.165) is 44.9 Å². The molecule has 0 aliphatic carbocycles. The van der Waals surface area contributed by atoms with Crippen LogP contribution in [0, 0.1) is 0 Å². The molecular weight excluding hydrogens is 296 g/mol. The predicted octanol–water partition coefficient (Wildman–Crippen LogP) is 5.28. The average molecular weight is 328 g/mol. The monoisotopic (exact) mass is 328 g/mol. The van der Waals surface area contributed by atoms with Gasteiger partial charge < -0.3 is 5.11 Å². The van der Waals surface area contributed by atoms with E-state index in [1.807, 2.05) is 18.2 Å². The fraction of sp³-hybridized carbons (Fsp3) is 0.722. The van der Waals surface area contributed by atoms with Crippen molar-refractivity contribution in [2.75, 3.05) is 0 Å². The van der Waals surface area contributed by atoms with Gasteiger partial charge in [-0.1, -0.05) is 74.8 Å². The lowest BCUT2D eigenvalue weighted by Crippen LogP contribution is -2.09. The molecule has 0 aliphatic heterocycles. The smallest absolute Gasteiger partial charge is 0.303 e. The number of carbonyl (C=O) groups is 1. The first-order valence-corrected chi connectivity index (χ1v) is 8.72. The lowest BCUT2D eigenvalue weighted by molar-refractivity contribution is -0.501. The molecule has 0 aliphatic rings. The lowest BCUT2D eigenvalue weighted by atomic mass is 10.1. The first-order valence-electron chi connectivity index (χ1n) is 8.72. The summed E-state index contributed by atoms with van der Waals surface area (Å²) in [6.07, 6.45) is 18.1. The summed E-state index contributed by atoms with van der Waals surface area (Å²) >= 11 is 0. The van der Waals surface area contributed by atoms with Crippen LogP contribution in [0.1, 0.15) is 77.6 Å². The molecule has 0 fully saturated rings. The molecule has 0 saturated heterocycles. The molecule has 0 heterocycles. The number of carboxylic acid groups (broad SMARTS) is 1. The summed E-state index contributed by atoms with van der Waals surface area (Å²) in [7, 11) is 0. The summed E-state index contributed by atoms with van der Waals surface area (Å²) in [5, 5.41) is 20.8. The van der Waals surface area contributed by atoms with E-state index < -0.39 is 5.97 Å². The Morgan fingerprint density at radius 3 is 2.48 bits per heavy atom. The number of hydrogen-bond donors (Lipinski definition) is 2. The van der Waals surface area contributed by atoms with Crippen LogP contribution in [0.25, 0.3) is 0 Å². The standard InChI is InChI=1S/C18H32O5/c1-2-3-4-5-6-8-11-14-17(22-23-21)15-12-9-7-10-13-16-18(19)20/h6,8,11,14,17,21H,2-5,7,9-10,12-13,15-16H2,1H3,(H,19,20). The van der Waals surface area contributed by atoms with Gasteiger partial charge in [-0.25, -0.2) is 5.26 Å². The average Bonchev–Trinajstić information content (AvgIpc) is 2.52. The van der Waals surface area contributed by atoms with Crippen molar-refractivity contribution in [3.63, 3.8) is 0 Å². The third kappa shape index (κ3) is 17.0. The van der Waals surface area contributed by atoms with Crippen molar-refractivity contribution in [3.8, 4) is 0 Å². The molecule has 5 heteroatoms. The summed E-state index contributed by atoms with van der Waals surface area (Å²) in [6, 6.07) is 0. The fourth-order valence-corrected chi connectivity index (χ4v) is 2.26. The van der Waals surface area contributed by atoms with Crippen molar-refractivity contribution in [2.24, 2.45) is 0 Å². The van der Waals surface area contributed by atoms with Gasteiger partial charge in [-0.15, -0.1) is 0 Å². The molecule has 0 radical (unpaired) electrons. The number of aliphatic carboxylic acids is 1. The van der Waals surface area contributed by atoms with Crippen LogP contribution in [-0.4, -0.2) is 22.4 Å². The highest BCUT2D eigenvalue weighted by atomic mass is 17.5. The molecule has 0 aromatic carbocycles. The Morgan fingerprint density at radius 2 is 1.78 bits per heavy atom. The molecule has 0 spiro atoms. The number of allylic oxidation sites excluding steroid dienone is 3. The highest BCUT2D eigenvalue weighted by Crippen LogP contribution is 2.12. The zero-order valence-corrected chi connectivity index (χ0v) is 14.3. The first-order chi connectivity index (χ1) is 11.2. The van der Waals surface area contributed by atoms with E-state index in [4.69, 9.17) is 15.3 Å². The molecule has 1 unspecified atom stereocenters. The number of rotatable bonds is 16. The highest BCUT2D eigenvalue weighted by molar-refractivity contribution is 5.66. The minimum absolute atomic E-state index is 0.247. The van der Waals surface area contributed by atoms with Gasteiger partial charge in [0, 0.05) is 6.42 Å². The molecule has 0 saturated carbocycles. The Labute approximate surface area is 139 Å². The summed E-state index contributed by atoms with van der Waals surface area (Å²) in [5.74, 6) is -0.730. The van der Waals surface area contributed by atoms with Crippen LogP contribution in [0.2, 0.25) is 0 Å². The zero-order valence-electron chi connectivity index (χ0n) is 14.3. The maximum atomic E-state index is 10.4. The molecule has 134 valence electrons. The molecule has 5 nitrogen and oxygen atoms in total. The second-order valence-electron chi connectivity index (χ2n) is 5.72. The second kappa shape index (κ2) is 17.2. The number of carboxylic acids is 1. The van der Waals surface area contributed by atoms with Crippen LogP contribution in [0.5, 0.6) is 0 Å². The zero-order chi connectivity index (χ0) is 17.2. The van der Waals surface area contributed by atoms with E-state index in [0.29, 0.717) is 0 Å². The topological polar surface area (TPSA) is 76.0 Å². The van der Waals surface area contributed by atoms with Gasteiger partial charge in [-0.3, -0.25) is 4.79 Å². The summed E-state index contributed by atoms with van der Waals surface area (Å²) < 4.78 is 0. The largest absolute Gasteiger partial charge is 0.481 e. The fourth-order valence-electron chi connectivity index (χ4n) is 2.26. The van der Waals surface area contributed by atoms with E-state index in [1.165, 1.54) is 19.3 Å². The summed E-state index contributed by atoms with van der Waals surface area (Å²) in [5.41, 5.74) is 0. The van der Waals surface area contributed by atoms with Gasteiger partial charge in [0.15, 0.2) is 0 Å². The van der Waals surface area contributed by atoms with Crippen LogP contribution in [0.3, 0.4) is 0 Å². The highest BCUT2D eigenvalue weighted by Gasteiger charge is 2.05. The van der Waals surface area contributed by atoms with Crippen LogP contribution in [-0.2, 0) is 14.7 Å². The molecular formula is C18H32O5. The van der Waals surface area contributed by atoms with Gasteiger partial charge >= 0.3 is 5.97 Å². The van der Waals surface area contributed by atoms with Gasteiger partial charge in [-0.2, -0.15) is 4.89 Å². The Morgan fingerprint density at radius 1 is 1.04 bits per heavy atom. The molecule has 0 rings (SSSR count). The molecule has 2 N–H and O–H groups in total. The summed E-state index contributed by atoms with van der Waals surface area (Å²) in [4.78, 5) is 15.2. The Kier molecular flexibility index (Phi) is 16.3. The van der Waals surface area contributed by atoms with Crippen molar-refractivity contribution >= 4 is 5.97 Å². The SMILES string of the molecule is CCCCCC=CC=CC(CCCCCCCC(=O)O)OOO. The van der Waals surface area contributed by atoms with Crippen LogP contribution in [0.15, 0.2) is 24.3 Å². The summed E-state index contributed by atoms with van der Waals surface area (Å²) in [6.45, 7) is 2.19. The van der Waals surface area contributed by atoms with Gasteiger partial charge in [0.2, 0.25) is 0 Å². The number of hydrogen-bond acceptors (Lipinski definition) is 4.